The maximum atomic E-state index is 12.6. The summed E-state index contributed by atoms with van der Waals surface area (Å²) in [6.45, 7) is 5.16. The highest BCUT2D eigenvalue weighted by molar-refractivity contribution is 6.30. The second kappa shape index (κ2) is 7.78. The Balaban J connectivity index is 3.01. The van der Waals surface area contributed by atoms with Crippen LogP contribution in [0.2, 0.25) is 5.02 Å². The van der Waals surface area contributed by atoms with Gasteiger partial charge in [0.2, 0.25) is 5.91 Å². The molecule has 1 aromatic rings. The lowest BCUT2D eigenvalue weighted by molar-refractivity contribution is -0.127. The van der Waals surface area contributed by atoms with E-state index < -0.39 is 5.54 Å². The molecule has 0 radical (unpaired) electrons. The molecule has 0 saturated heterocycles. The van der Waals surface area contributed by atoms with Gasteiger partial charge in [-0.1, -0.05) is 44.5 Å². The molecule has 0 aliphatic heterocycles. The first-order valence-corrected chi connectivity index (χ1v) is 7.56. The number of carbonyl (C=O) groups is 1. The van der Waals surface area contributed by atoms with Gasteiger partial charge < -0.3 is 15.5 Å². The Hall–Kier alpha value is -1.10. The normalized spacial score (nSPS) is 13.3. The van der Waals surface area contributed by atoms with Crippen LogP contribution in [0.15, 0.2) is 24.3 Å². The zero-order valence-corrected chi connectivity index (χ0v) is 13.5. The Morgan fingerprint density at radius 1 is 1.24 bits per heavy atom. The van der Waals surface area contributed by atoms with Gasteiger partial charge in [0.25, 0.3) is 0 Å². The van der Waals surface area contributed by atoms with Crippen molar-refractivity contribution in [3.05, 3.63) is 34.9 Å². The largest absolute Gasteiger partial charge is 0.394 e. The topological polar surface area (TPSA) is 69.6 Å². The van der Waals surface area contributed by atoms with Crippen LogP contribution in [0, 0.1) is 5.92 Å². The maximum Gasteiger partial charge on any atom is 0.228 e. The molecule has 1 amide bonds. The standard InChI is InChI=1S/C16H24ClNO3/c1-4-16(9-19,10-20)18-15(21)14(11(2)3)12-5-7-13(17)8-6-12/h5-8,11,14,19-20H,4,9-10H2,1-3H3,(H,18,21). The van der Waals surface area contributed by atoms with E-state index >= 15 is 0 Å². The average molecular weight is 314 g/mol. The van der Waals surface area contributed by atoms with Crippen LogP contribution in [0.5, 0.6) is 0 Å². The number of hydrogen-bond acceptors (Lipinski definition) is 3. The first-order valence-electron chi connectivity index (χ1n) is 7.18. The summed E-state index contributed by atoms with van der Waals surface area (Å²) in [4.78, 5) is 12.6. The Bertz CT molecular complexity index is 447. The van der Waals surface area contributed by atoms with Crippen molar-refractivity contribution in [2.45, 2.75) is 38.6 Å². The van der Waals surface area contributed by atoms with Crippen LogP contribution in [0.25, 0.3) is 0 Å². The zero-order chi connectivity index (χ0) is 16.0. The third kappa shape index (κ3) is 4.43. The number of nitrogens with one attached hydrogen (secondary N) is 1. The maximum absolute atomic E-state index is 12.6. The Labute approximate surface area is 131 Å². The molecule has 1 atom stereocenters. The number of halogens is 1. The molecule has 0 heterocycles. The molecule has 4 nitrogen and oxygen atoms in total. The van der Waals surface area contributed by atoms with Crippen LogP contribution in [-0.2, 0) is 4.79 Å². The van der Waals surface area contributed by atoms with Crippen molar-refractivity contribution in [3.63, 3.8) is 0 Å². The molecule has 0 bridgehead atoms. The number of aliphatic hydroxyl groups is 2. The Morgan fingerprint density at radius 3 is 2.14 bits per heavy atom. The summed E-state index contributed by atoms with van der Waals surface area (Å²) in [7, 11) is 0. The van der Waals surface area contributed by atoms with Crippen molar-refractivity contribution in [3.8, 4) is 0 Å². The van der Waals surface area contributed by atoms with E-state index in [0.29, 0.717) is 11.4 Å². The van der Waals surface area contributed by atoms with Crippen molar-refractivity contribution in [1.82, 2.24) is 5.32 Å². The summed E-state index contributed by atoms with van der Waals surface area (Å²) in [5, 5.41) is 22.3. The monoisotopic (exact) mass is 313 g/mol. The Morgan fingerprint density at radius 2 is 1.76 bits per heavy atom. The van der Waals surface area contributed by atoms with Gasteiger partial charge in [-0.2, -0.15) is 0 Å². The van der Waals surface area contributed by atoms with Gasteiger partial charge in [0, 0.05) is 5.02 Å². The van der Waals surface area contributed by atoms with Crippen LogP contribution in [-0.4, -0.2) is 34.9 Å². The lowest BCUT2D eigenvalue weighted by atomic mass is 9.86. The van der Waals surface area contributed by atoms with Crippen molar-refractivity contribution < 1.29 is 15.0 Å². The Kier molecular flexibility index (Phi) is 6.65. The molecule has 0 spiro atoms. The van der Waals surface area contributed by atoms with Crippen LogP contribution >= 0.6 is 11.6 Å². The number of benzene rings is 1. The molecular weight excluding hydrogens is 290 g/mol. The van der Waals surface area contributed by atoms with E-state index in [0.717, 1.165) is 5.56 Å². The lowest BCUT2D eigenvalue weighted by Gasteiger charge is -2.32. The van der Waals surface area contributed by atoms with Crippen molar-refractivity contribution in [2.24, 2.45) is 5.92 Å². The molecule has 21 heavy (non-hydrogen) atoms. The van der Waals surface area contributed by atoms with E-state index in [1.807, 2.05) is 32.9 Å². The highest BCUT2D eigenvalue weighted by Crippen LogP contribution is 2.27. The van der Waals surface area contributed by atoms with E-state index in [1.54, 1.807) is 12.1 Å². The van der Waals surface area contributed by atoms with Gasteiger partial charge in [0.15, 0.2) is 0 Å². The number of amides is 1. The molecule has 1 rings (SSSR count). The minimum absolute atomic E-state index is 0.0816. The second-order valence-electron chi connectivity index (χ2n) is 5.71. The number of aliphatic hydroxyl groups excluding tert-OH is 2. The van der Waals surface area contributed by atoms with Crippen LogP contribution in [0.1, 0.15) is 38.7 Å². The summed E-state index contributed by atoms with van der Waals surface area (Å²) in [6, 6.07) is 7.17. The van der Waals surface area contributed by atoms with Gasteiger partial charge in [-0.05, 0) is 30.0 Å². The quantitative estimate of drug-likeness (QED) is 0.723. The van der Waals surface area contributed by atoms with Gasteiger partial charge in [-0.25, -0.2) is 0 Å². The smallest absolute Gasteiger partial charge is 0.228 e. The van der Waals surface area contributed by atoms with Crippen molar-refractivity contribution >= 4 is 17.5 Å². The minimum atomic E-state index is -0.976. The van der Waals surface area contributed by atoms with E-state index in [2.05, 4.69) is 5.32 Å². The molecule has 3 N–H and O–H groups in total. The molecule has 0 saturated carbocycles. The van der Waals surface area contributed by atoms with E-state index in [4.69, 9.17) is 11.6 Å². The third-order valence-electron chi connectivity index (χ3n) is 3.85. The summed E-state index contributed by atoms with van der Waals surface area (Å²) in [5.41, 5.74) is -0.107. The first kappa shape index (κ1) is 18.0. The average Bonchev–Trinajstić information content (AvgIpc) is 2.47. The summed E-state index contributed by atoms with van der Waals surface area (Å²) < 4.78 is 0. The number of carbonyl (C=O) groups excluding carboxylic acids is 1. The predicted octanol–water partition coefficient (Wildman–Crippen LogP) is 2.33. The van der Waals surface area contributed by atoms with Crippen molar-refractivity contribution in [1.29, 1.82) is 0 Å². The van der Waals surface area contributed by atoms with Gasteiger partial charge >= 0.3 is 0 Å². The second-order valence-corrected chi connectivity index (χ2v) is 6.15. The van der Waals surface area contributed by atoms with E-state index in [-0.39, 0.29) is 31.0 Å². The van der Waals surface area contributed by atoms with Gasteiger partial charge in [0.05, 0.1) is 24.7 Å². The van der Waals surface area contributed by atoms with E-state index in [1.165, 1.54) is 0 Å². The molecular formula is C16H24ClNO3. The fraction of sp³-hybridized carbons (Fsp3) is 0.562. The van der Waals surface area contributed by atoms with E-state index in [9.17, 15) is 15.0 Å². The molecule has 1 unspecified atom stereocenters. The predicted molar refractivity (Wildman–Crippen MR) is 84.4 cm³/mol. The minimum Gasteiger partial charge on any atom is -0.394 e. The molecule has 118 valence electrons. The fourth-order valence-electron chi connectivity index (χ4n) is 2.29. The SMILES string of the molecule is CCC(CO)(CO)NC(=O)C(c1ccc(Cl)cc1)C(C)C. The lowest BCUT2D eigenvalue weighted by Crippen LogP contribution is -2.55. The summed E-state index contributed by atoms with van der Waals surface area (Å²) in [6.07, 6.45) is 0.456. The summed E-state index contributed by atoms with van der Waals surface area (Å²) in [5.74, 6) is -0.471. The van der Waals surface area contributed by atoms with Gasteiger partial charge in [-0.3, -0.25) is 4.79 Å². The number of hydrogen-bond donors (Lipinski definition) is 3. The highest BCUT2D eigenvalue weighted by Gasteiger charge is 2.33. The van der Waals surface area contributed by atoms with Gasteiger partial charge in [0.1, 0.15) is 0 Å². The molecule has 1 aromatic carbocycles. The van der Waals surface area contributed by atoms with Crippen molar-refractivity contribution in [2.75, 3.05) is 13.2 Å². The van der Waals surface area contributed by atoms with Crippen LogP contribution < -0.4 is 5.32 Å². The molecule has 0 aromatic heterocycles. The zero-order valence-electron chi connectivity index (χ0n) is 12.8. The molecule has 5 heteroatoms. The summed E-state index contributed by atoms with van der Waals surface area (Å²) >= 11 is 5.88. The third-order valence-corrected chi connectivity index (χ3v) is 4.10. The van der Waals surface area contributed by atoms with Crippen LogP contribution in [0.3, 0.4) is 0 Å². The molecule has 0 fully saturated rings. The fourth-order valence-corrected chi connectivity index (χ4v) is 2.42. The first-order chi connectivity index (χ1) is 9.89. The van der Waals surface area contributed by atoms with Gasteiger partial charge in [-0.15, -0.1) is 0 Å². The highest BCUT2D eigenvalue weighted by atomic mass is 35.5. The molecule has 0 aliphatic rings. The number of rotatable bonds is 7. The molecule has 0 aliphatic carbocycles. The van der Waals surface area contributed by atoms with Crippen LogP contribution in [0.4, 0.5) is 0 Å².